The van der Waals surface area contributed by atoms with Gasteiger partial charge < -0.3 is 194 Å². The maximum atomic E-state index is 15.1. The number of carbonyl (C=O) groups excluding carboxylic acids is 1. The number of ether oxygens (including phenoxy) is 15. The Bertz CT molecular complexity index is 2950. The van der Waals surface area contributed by atoms with Gasteiger partial charge in [0.15, 0.2) is 49.8 Å². The number of ketones is 1. The molecule has 0 aromatic rings. The molecule has 12 rings (SSSR count). The predicted octanol–water partition coefficient (Wildman–Crippen LogP) is -11.3. The van der Waals surface area contributed by atoms with E-state index in [-0.39, 0.29) is 48.9 Å². The van der Waals surface area contributed by atoms with Crippen LogP contribution in [0.3, 0.4) is 0 Å². The summed E-state index contributed by atoms with van der Waals surface area (Å²) >= 11 is 0. The minimum absolute atomic E-state index is 0.00206. The smallest absolute Gasteiger partial charge is 0.187 e. The van der Waals surface area contributed by atoms with E-state index in [9.17, 15) is 123 Å². The summed E-state index contributed by atoms with van der Waals surface area (Å²) in [5, 5.41) is 265. The van der Waals surface area contributed by atoms with Crippen LogP contribution < -0.4 is 0 Å². The predicted molar refractivity (Wildman–Crippen MR) is 350 cm³/mol. The van der Waals surface area contributed by atoms with Gasteiger partial charge in [-0.1, -0.05) is 27.7 Å². The lowest BCUT2D eigenvalue weighted by Gasteiger charge is -2.61. The first kappa shape index (κ1) is 86.5. The number of aliphatic hydroxyl groups is 24. The van der Waals surface area contributed by atoms with Crippen molar-refractivity contribution in [2.45, 2.75) is 325 Å². The fourth-order valence-corrected chi connectivity index (χ4v) is 19.7. The molecule has 0 radical (unpaired) electrons. The second kappa shape index (κ2) is 34.6. The molecule has 0 bridgehead atoms. The van der Waals surface area contributed by atoms with Crippen molar-refractivity contribution in [1.82, 2.24) is 0 Å². The highest BCUT2D eigenvalue weighted by molar-refractivity contribution is 5.87. The summed E-state index contributed by atoms with van der Waals surface area (Å²) in [6.07, 6.45) is -65.7. The van der Waals surface area contributed by atoms with Crippen molar-refractivity contribution in [3.8, 4) is 0 Å². The maximum Gasteiger partial charge on any atom is 0.187 e. The summed E-state index contributed by atoms with van der Waals surface area (Å²) in [6, 6.07) is 0. The fourth-order valence-electron chi connectivity index (χ4n) is 19.7. The number of rotatable bonds is 24. The van der Waals surface area contributed by atoms with Crippen LogP contribution >= 0.6 is 0 Å². The van der Waals surface area contributed by atoms with E-state index in [0.717, 1.165) is 0 Å². The molecule has 48 unspecified atom stereocenters. The van der Waals surface area contributed by atoms with E-state index in [1.54, 1.807) is 0 Å². The van der Waals surface area contributed by atoms with E-state index in [1.807, 2.05) is 20.8 Å². The Balaban J connectivity index is 0.729. The van der Waals surface area contributed by atoms with E-state index in [4.69, 9.17) is 71.1 Å². The van der Waals surface area contributed by atoms with Gasteiger partial charge in [-0.2, -0.15) is 0 Å². The Morgan fingerprint density at radius 1 is 0.431 bits per heavy atom. The third kappa shape index (κ3) is 15.9. The van der Waals surface area contributed by atoms with Crippen LogP contribution in [0.15, 0.2) is 0 Å². The largest absolute Gasteiger partial charge is 0.394 e. The van der Waals surface area contributed by atoms with Crippen molar-refractivity contribution in [1.29, 1.82) is 0 Å². The molecule has 0 aromatic heterocycles. The van der Waals surface area contributed by atoms with Gasteiger partial charge in [0.05, 0.1) is 70.7 Å². The SMILES string of the molecule is CC(CCC1(O)OC2C(O)C3C4CCC5CC(OC6OC(CO)C(OC7OC(CO)C(O)C(OC8OC(CO)C(OC9OC(C)C(O)C(O)C9O)C(O)C8O)C7OC7OC(CO)C(O)C(OC8OC(CO)C(O)C(O)C8O)C7O)C(O)C6O)CCC5(C)C4CC(=O)C3(C)C2C1C)COC1OC(CO)C(O)C(O)C1O. The number of hydrogen-bond acceptors (Lipinski definition) is 40. The first-order chi connectivity index (χ1) is 51.5. The third-order valence-electron chi connectivity index (χ3n) is 26.3. The molecule has 4 saturated carbocycles. The number of hydrogen-bond donors (Lipinski definition) is 24. The van der Waals surface area contributed by atoms with Crippen molar-refractivity contribution in [3.63, 3.8) is 0 Å². The van der Waals surface area contributed by atoms with Crippen LogP contribution in [0, 0.1) is 52.3 Å². The van der Waals surface area contributed by atoms with E-state index < -0.39 is 307 Å². The maximum absolute atomic E-state index is 15.1. The number of fused-ring (bicyclic) bond motifs is 7. The van der Waals surface area contributed by atoms with Gasteiger partial charge in [-0.3, -0.25) is 4.79 Å². The van der Waals surface area contributed by atoms with Crippen LogP contribution in [-0.4, -0.2) is 414 Å². The summed E-state index contributed by atoms with van der Waals surface area (Å²) in [5.74, 6) is -4.14. The van der Waals surface area contributed by atoms with Crippen LogP contribution in [0.25, 0.3) is 0 Å². The molecule has 24 N–H and O–H groups in total. The Morgan fingerprint density at radius 2 is 0.862 bits per heavy atom. The lowest BCUT2D eigenvalue weighted by molar-refractivity contribution is -0.414. The third-order valence-corrected chi connectivity index (χ3v) is 26.3. The highest BCUT2D eigenvalue weighted by Gasteiger charge is 2.75. The van der Waals surface area contributed by atoms with Crippen molar-refractivity contribution in [2.75, 3.05) is 46.2 Å². The lowest BCUT2D eigenvalue weighted by atomic mass is 9.44. The highest BCUT2D eigenvalue weighted by atomic mass is 16.8. The van der Waals surface area contributed by atoms with Crippen molar-refractivity contribution in [2.24, 2.45) is 52.3 Å². The Morgan fingerprint density at radius 3 is 1.42 bits per heavy atom. The fraction of sp³-hybridized carbons (Fsp3) is 0.986. The van der Waals surface area contributed by atoms with E-state index in [2.05, 4.69) is 6.92 Å². The van der Waals surface area contributed by atoms with Crippen LogP contribution in [0.4, 0.5) is 0 Å². The molecule has 12 aliphatic rings. The number of Topliss-reactive ketones (excluding diaryl/α,β-unsaturated/α-hetero) is 1. The molecule has 0 amide bonds. The summed E-state index contributed by atoms with van der Waals surface area (Å²) in [7, 11) is 0. The van der Waals surface area contributed by atoms with Gasteiger partial charge in [0.25, 0.3) is 0 Å². The molecule has 12 fully saturated rings. The molecule has 0 spiro atoms. The number of carbonyl (C=O) groups is 1. The Labute approximate surface area is 625 Å². The van der Waals surface area contributed by atoms with E-state index in [0.29, 0.717) is 38.5 Å². The van der Waals surface area contributed by atoms with Crippen LogP contribution in [0.5, 0.6) is 0 Å². The molecular weight excluding hydrogens is 1470 g/mol. The summed E-state index contributed by atoms with van der Waals surface area (Å²) in [4.78, 5) is 15.1. The molecule has 8 heterocycles. The van der Waals surface area contributed by atoms with E-state index in [1.165, 1.54) is 6.92 Å². The molecular formula is C69H114O40. The molecule has 0 aromatic carbocycles. The Hall–Kier alpha value is -1.89. The number of aliphatic hydroxyl groups excluding tert-OH is 23. The van der Waals surface area contributed by atoms with Crippen LogP contribution in [0.1, 0.15) is 86.0 Å². The first-order valence-corrected chi connectivity index (χ1v) is 37.8. The zero-order chi connectivity index (χ0) is 79.3. The first-order valence-electron chi connectivity index (χ1n) is 37.8. The molecule has 40 heteroatoms. The van der Waals surface area contributed by atoms with Crippen molar-refractivity contribution < 1.29 is 198 Å². The van der Waals surface area contributed by atoms with Crippen molar-refractivity contribution in [3.05, 3.63) is 0 Å². The van der Waals surface area contributed by atoms with Gasteiger partial charge in [-0.05, 0) is 74.5 Å². The standard InChI is InChI=1S/C69H114O40/c1-21(20-95-60-48(88)44(84)38(78)28(14-70)98-60)8-11-69(94)22(2)35-56(109-69)42(82)36-26-7-6-24-12-25(9-10-67(24,4)27(26)13-34(76)68(35,36)5)97-62-51(91)46(86)55(33(19-75)102-62)105-66-59(108-65-53(93)57(40(80)30(16-72)100-65)106-63-50(90)45(85)39(79)29(15-71)99-63)58(41(81)31(17-73)101-66)107-64-52(92)47(87)54(32(18-74)103-64)104-61-49(89)43(83)37(77)23(3)96-61/h21-33,35-66,70-75,77-94H,6-20H2,1-5H3. The molecule has 48 atom stereocenters. The van der Waals surface area contributed by atoms with Gasteiger partial charge in [0, 0.05) is 36.0 Å². The molecule has 40 nitrogen and oxygen atoms in total. The molecule has 8 aliphatic heterocycles. The second-order valence-electron chi connectivity index (χ2n) is 32.6. The minimum Gasteiger partial charge on any atom is -0.394 e. The quantitative estimate of drug-likeness (QED) is 0.0399. The average Bonchev–Trinajstić information content (AvgIpc) is 1.52. The highest BCUT2D eigenvalue weighted by Crippen LogP contribution is 2.70. The summed E-state index contributed by atoms with van der Waals surface area (Å²) < 4.78 is 89.6. The monoisotopic (exact) mass is 1580 g/mol. The normalized spacial score (nSPS) is 55.4. The zero-order valence-corrected chi connectivity index (χ0v) is 60.9. The average molecular weight is 1580 g/mol. The van der Waals surface area contributed by atoms with E-state index >= 15 is 4.79 Å². The topological polar surface area (TPSA) is 641 Å². The molecule has 8 saturated heterocycles. The summed E-state index contributed by atoms with van der Waals surface area (Å²) in [5.41, 5.74) is -1.55. The van der Waals surface area contributed by atoms with Crippen LogP contribution in [0.2, 0.25) is 0 Å². The summed E-state index contributed by atoms with van der Waals surface area (Å²) in [6.45, 7) is 3.20. The molecule has 630 valence electrons. The molecule has 4 aliphatic carbocycles. The van der Waals surface area contributed by atoms with Gasteiger partial charge in [0.2, 0.25) is 0 Å². The van der Waals surface area contributed by atoms with Gasteiger partial charge >= 0.3 is 0 Å². The molecule has 109 heavy (non-hydrogen) atoms. The van der Waals surface area contributed by atoms with Gasteiger partial charge in [0.1, 0.15) is 171 Å². The Kier molecular flexibility index (Phi) is 27.4. The lowest BCUT2D eigenvalue weighted by Crippen LogP contribution is -2.69. The zero-order valence-electron chi connectivity index (χ0n) is 60.9. The minimum atomic E-state index is -2.33. The second-order valence-corrected chi connectivity index (χ2v) is 32.6. The van der Waals surface area contributed by atoms with Gasteiger partial charge in [-0.15, -0.1) is 0 Å². The van der Waals surface area contributed by atoms with Crippen LogP contribution in [-0.2, 0) is 75.8 Å². The van der Waals surface area contributed by atoms with Crippen molar-refractivity contribution >= 4 is 5.78 Å². The van der Waals surface area contributed by atoms with Gasteiger partial charge in [-0.25, -0.2) is 0 Å².